The van der Waals surface area contributed by atoms with Gasteiger partial charge < -0.3 is 5.73 Å². The number of benzene rings is 1. The van der Waals surface area contributed by atoms with Gasteiger partial charge in [0, 0.05) is 5.56 Å². The molecule has 2 aromatic rings. The maximum Gasteiger partial charge on any atom is 0.163 e. The summed E-state index contributed by atoms with van der Waals surface area (Å²) in [6.07, 6.45) is 0. The van der Waals surface area contributed by atoms with Crippen molar-refractivity contribution >= 4 is 52.2 Å². The van der Waals surface area contributed by atoms with Gasteiger partial charge in [0.1, 0.15) is 11.6 Å². The molecule has 92 valence electrons. The van der Waals surface area contributed by atoms with Crippen molar-refractivity contribution in [3.05, 3.63) is 31.7 Å². The van der Waals surface area contributed by atoms with Gasteiger partial charge in [0.05, 0.1) is 25.8 Å². The van der Waals surface area contributed by atoms with Gasteiger partial charge in [0.15, 0.2) is 5.82 Å². The highest BCUT2D eigenvalue weighted by Crippen LogP contribution is 2.43. The van der Waals surface area contributed by atoms with Crippen LogP contribution in [0.3, 0.4) is 0 Å². The second kappa shape index (κ2) is 4.87. The molecule has 0 saturated heterocycles. The lowest BCUT2D eigenvalue weighted by Gasteiger charge is -2.08. The van der Waals surface area contributed by atoms with Gasteiger partial charge in [-0.3, -0.25) is 5.10 Å². The molecule has 0 radical (unpaired) electrons. The van der Waals surface area contributed by atoms with E-state index in [1.165, 1.54) is 6.07 Å². The lowest BCUT2D eigenvalue weighted by atomic mass is 10.1. The molecule has 0 aliphatic heterocycles. The van der Waals surface area contributed by atoms with Gasteiger partial charge in [-0.2, -0.15) is 10.4 Å². The number of nitrogens with one attached hydrogen (secondary N) is 1. The van der Waals surface area contributed by atoms with E-state index in [-0.39, 0.29) is 31.5 Å². The van der Waals surface area contributed by atoms with Crippen LogP contribution in [-0.2, 0) is 0 Å². The minimum absolute atomic E-state index is 0.0608. The molecule has 18 heavy (non-hydrogen) atoms. The topological polar surface area (TPSA) is 78.5 Å². The van der Waals surface area contributed by atoms with Crippen LogP contribution in [0.1, 0.15) is 5.56 Å². The first-order chi connectivity index (χ1) is 8.47. The average molecular weight is 322 g/mol. The van der Waals surface area contributed by atoms with E-state index in [2.05, 4.69) is 10.2 Å². The highest BCUT2D eigenvalue weighted by molar-refractivity contribution is 6.51. The van der Waals surface area contributed by atoms with Crippen LogP contribution in [0.15, 0.2) is 6.07 Å². The zero-order valence-corrected chi connectivity index (χ0v) is 11.6. The Balaban J connectivity index is 2.80. The molecule has 0 aliphatic rings. The lowest BCUT2D eigenvalue weighted by Crippen LogP contribution is -1.89. The summed E-state index contributed by atoms with van der Waals surface area (Å²) < 4.78 is 0. The number of hydrogen-bond donors (Lipinski definition) is 2. The van der Waals surface area contributed by atoms with E-state index >= 15 is 0 Å². The Morgan fingerprint density at radius 2 is 1.83 bits per heavy atom. The van der Waals surface area contributed by atoms with Crippen molar-refractivity contribution < 1.29 is 0 Å². The summed E-state index contributed by atoms with van der Waals surface area (Å²) in [6, 6.07) is 3.35. The number of aromatic amines is 1. The van der Waals surface area contributed by atoms with E-state index in [4.69, 9.17) is 57.4 Å². The molecular weight excluding hydrogens is 318 g/mol. The van der Waals surface area contributed by atoms with Gasteiger partial charge in [-0.15, -0.1) is 0 Å². The number of nitriles is 1. The summed E-state index contributed by atoms with van der Waals surface area (Å²) in [4.78, 5) is 0. The maximum absolute atomic E-state index is 9.02. The number of nitrogen functional groups attached to an aromatic ring is 1. The normalized spacial score (nSPS) is 10.4. The third-order valence-electron chi connectivity index (χ3n) is 2.27. The van der Waals surface area contributed by atoms with Gasteiger partial charge in [0.2, 0.25) is 0 Å². The summed E-state index contributed by atoms with van der Waals surface area (Å²) in [5.41, 5.74) is 6.35. The predicted octanol–water partition coefficient (Wildman–Crippen LogP) is 4.14. The van der Waals surface area contributed by atoms with Crippen molar-refractivity contribution in [3.63, 3.8) is 0 Å². The zero-order chi connectivity index (χ0) is 13.4. The van der Waals surface area contributed by atoms with Gasteiger partial charge in [-0.25, -0.2) is 0 Å². The Morgan fingerprint density at radius 3 is 2.44 bits per heavy atom. The summed E-state index contributed by atoms with van der Waals surface area (Å²) >= 11 is 23.9. The van der Waals surface area contributed by atoms with E-state index in [0.29, 0.717) is 11.3 Å². The first-order valence-corrected chi connectivity index (χ1v) is 6.05. The SMILES string of the molecule is N#Cc1c(N)n[nH]c1-c1c(Cl)cc(Cl)c(Cl)c1Cl. The summed E-state index contributed by atoms with van der Waals surface area (Å²) in [5.74, 6) is 0.0608. The van der Waals surface area contributed by atoms with Crippen LogP contribution >= 0.6 is 46.4 Å². The van der Waals surface area contributed by atoms with Crippen molar-refractivity contribution in [3.8, 4) is 17.3 Å². The largest absolute Gasteiger partial charge is 0.381 e. The lowest BCUT2D eigenvalue weighted by molar-refractivity contribution is 1.10. The molecule has 8 heteroatoms. The Kier molecular flexibility index (Phi) is 3.60. The van der Waals surface area contributed by atoms with Crippen LogP contribution in [0.25, 0.3) is 11.3 Å². The van der Waals surface area contributed by atoms with Gasteiger partial charge in [-0.1, -0.05) is 46.4 Å². The third-order valence-corrected chi connectivity index (χ3v) is 3.83. The van der Waals surface area contributed by atoms with Crippen LogP contribution in [0, 0.1) is 11.3 Å². The first kappa shape index (κ1) is 13.3. The van der Waals surface area contributed by atoms with Crippen LogP contribution in [-0.4, -0.2) is 10.2 Å². The highest BCUT2D eigenvalue weighted by Gasteiger charge is 2.21. The summed E-state index contributed by atoms with van der Waals surface area (Å²) in [7, 11) is 0. The van der Waals surface area contributed by atoms with Crippen LogP contribution in [0.5, 0.6) is 0 Å². The Bertz CT molecular complexity index is 671. The molecule has 3 N–H and O–H groups in total. The molecule has 0 unspecified atom stereocenters. The minimum Gasteiger partial charge on any atom is -0.381 e. The number of rotatable bonds is 1. The molecule has 0 amide bonds. The molecular formula is C10H4Cl4N4. The highest BCUT2D eigenvalue weighted by atomic mass is 35.5. The molecule has 0 bridgehead atoms. The summed E-state index contributed by atoms with van der Waals surface area (Å²) in [5, 5.41) is 16.1. The number of aromatic nitrogens is 2. The Labute approximate surface area is 122 Å². The number of anilines is 1. The van der Waals surface area contributed by atoms with Crippen molar-refractivity contribution in [2.75, 3.05) is 5.73 Å². The van der Waals surface area contributed by atoms with Crippen molar-refractivity contribution in [2.24, 2.45) is 0 Å². The van der Waals surface area contributed by atoms with E-state index in [1.807, 2.05) is 6.07 Å². The fraction of sp³-hybridized carbons (Fsp3) is 0. The van der Waals surface area contributed by atoms with Gasteiger partial charge in [0.25, 0.3) is 0 Å². The van der Waals surface area contributed by atoms with Gasteiger partial charge >= 0.3 is 0 Å². The van der Waals surface area contributed by atoms with Crippen LogP contribution < -0.4 is 5.73 Å². The minimum atomic E-state index is 0.0608. The monoisotopic (exact) mass is 320 g/mol. The summed E-state index contributed by atoms with van der Waals surface area (Å²) in [6.45, 7) is 0. The number of nitrogens with two attached hydrogens (primary N) is 1. The second-order valence-electron chi connectivity index (χ2n) is 3.31. The molecule has 0 fully saturated rings. The fourth-order valence-electron chi connectivity index (χ4n) is 1.45. The molecule has 0 aliphatic carbocycles. The molecule has 0 saturated carbocycles. The number of nitrogens with zero attached hydrogens (tertiary/aromatic N) is 2. The second-order valence-corrected chi connectivity index (χ2v) is 4.88. The molecule has 0 atom stereocenters. The maximum atomic E-state index is 9.02. The van der Waals surface area contributed by atoms with E-state index in [9.17, 15) is 0 Å². The predicted molar refractivity (Wildman–Crippen MR) is 73.2 cm³/mol. The van der Waals surface area contributed by atoms with E-state index in [0.717, 1.165) is 0 Å². The number of H-pyrrole nitrogens is 1. The number of halogens is 4. The quantitative estimate of drug-likeness (QED) is 0.612. The van der Waals surface area contributed by atoms with Crippen molar-refractivity contribution in [2.45, 2.75) is 0 Å². The van der Waals surface area contributed by atoms with Crippen LogP contribution in [0.2, 0.25) is 20.1 Å². The molecule has 1 aromatic heterocycles. The fourth-order valence-corrected chi connectivity index (χ4v) is 2.55. The van der Waals surface area contributed by atoms with Crippen molar-refractivity contribution in [1.82, 2.24) is 10.2 Å². The van der Waals surface area contributed by atoms with Crippen molar-refractivity contribution in [1.29, 1.82) is 5.26 Å². The molecule has 1 heterocycles. The third kappa shape index (κ3) is 2.00. The Morgan fingerprint density at radius 1 is 1.17 bits per heavy atom. The Hall–Kier alpha value is -1.12. The van der Waals surface area contributed by atoms with Gasteiger partial charge in [-0.05, 0) is 6.07 Å². The molecule has 1 aromatic carbocycles. The smallest absolute Gasteiger partial charge is 0.163 e. The number of hydrogen-bond acceptors (Lipinski definition) is 3. The first-order valence-electron chi connectivity index (χ1n) is 4.54. The molecule has 0 spiro atoms. The zero-order valence-electron chi connectivity index (χ0n) is 8.56. The van der Waals surface area contributed by atoms with Crippen LogP contribution in [0.4, 0.5) is 5.82 Å². The van der Waals surface area contributed by atoms with E-state index < -0.39 is 0 Å². The molecule has 4 nitrogen and oxygen atoms in total. The average Bonchev–Trinajstić information content (AvgIpc) is 2.68. The van der Waals surface area contributed by atoms with E-state index in [1.54, 1.807) is 0 Å². The standard InChI is InChI=1S/C10H4Cl4N4/c11-4-1-5(12)7(13)8(14)6(4)9-3(2-15)10(16)18-17-9/h1H,(H3,16,17,18). The molecule has 2 rings (SSSR count).